The Bertz CT molecular complexity index is 464. The van der Waals surface area contributed by atoms with Crippen molar-refractivity contribution in [3.05, 3.63) is 46.7 Å². The molecule has 2 rings (SSSR count). The molecule has 1 aliphatic rings. The van der Waals surface area contributed by atoms with E-state index in [1.165, 1.54) is 0 Å². The number of benzene rings is 1. The molecule has 1 N–H and O–H groups in total. The highest BCUT2D eigenvalue weighted by molar-refractivity contribution is 9.10. The van der Waals surface area contributed by atoms with Gasteiger partial charge in [-0.05, 0) is 31.4 Å². The van der Waals surface area contributed by atoms with E-state index in [1.54, 1.807) is 6.07 Å². The molecule has 0 bridgehead atoms. The van der Waals surface area contributed by atoms with E-state index < -0.39 is 0 Å². The normalized spacial score (nSPS) is 16.8. The molecule has 22 heavy (non-hydrogen) atoms. The largest absolute Gasteiger partial charge is 0.314 e. The number of halogens is 3. The fraction of sp³-hybridized carbons (Fsp3) is 0.529. The maximum Gasteiger partial charge on any atom is 0.129 e. The summed E-state index contributed by atoms with van der Waals surface area (Å²) >= 11 is 3.34. The highest BCUT2D eigenvalue weighted by Crippen LogP contribution is 2.30. The molecule has 1 atom stereocenters. The third-order valence-corrected chi connectivity index (χ3v) is 4.54. The maximum atomic E-state index is 14.3. The van der Waals surface area contributed by atoms with Crippen LogP contribution in [0.4, 0.5) is 4.39 Å². The third-order valence-electron chi connectivity index (χ3n) is 4.05. The zero-order valence-electron chi connectivity index (χ0n) is 12.9. The highest BCUT2D eigenvalue weighted by atomic mass is 79.9. The summed E-state index contributed by atoms with van der Waals surface area (Å²) in [5, 5.41) is 3.36. The first kappa shape index (κ1) is 19.6. The smallest absolute Gasteiger partial charge is 0.129 e. The molecule has 124 valence electrons. The van der Waals surface area contributed by atoms with Gasteiger partial charge in [0.25, 0.3) is 0 Å². The van der Waals surface area contributed by atoms with Gasteiger partial charge >= 0.3 is 0 Å². The fourth-order valence-corrected chi connectivity index (χ4v) is 3.26. The van der Waals surface area contributed by atoms with Crippen LogP contribution in [0.2, 0.25) is 0 Å². The van der Waals surface area contributed by atoms with Crippen molar-refractivity contribution >= 4 is 28.3 Å². The van der Waals surface area contributed by atoms with Gasteiger partial charge in [0, 0.05) is 42.3 Å². The second-order valence-corrected chi connectivity index (χ2v) is 6.46. The quantitative estimate of drug-likeness (QED) is 0.535. The van der Waals surface area contributed by atoms with Gasteiger partial charge in [-0.25, -0.2) is 4.39 Å². The van der Waals surface area contributed by atoms with E-state index in [1.807, 2.05) is 18.2 Å². The van der Waals surface area contributed by atoms with Crippen LogP contribution >= 0.6 is 28.3 Å². The monoisotopic (exact) mass is 390 g/mol. The molecule has 1 heterocycles. The minimum Gasteiger partial charge on any atom is -0.314 e. The molecule has 0 radical (unpaired) electrons. The summed E-state index contributed by atoms with van der Waals surface area (Å²) in [6, 6.07) is 5.63. The summed E-state index contributed by atoms with van der Waals surface area (Å²) in [6.07, 6.45) is 6.24. The third kappa shape index (κ3) is 5.65. The molecule has 5 heteroatoms. The highest BCUT2D eigenvalue weighted by Gasteiger charge is 2.24. The zero-order valence-corrected chi connectivity index (χ0v) is 15.3. The zero-order chi connectivity index (χ0) is 15.1. The van der Waals surface area contributed by atoms with Crippen LogP contribution in [0.25, 0.3) is 0 Å². The van der Waals surface area contributed by atoms with E-state index in [9.17, 15) is 4.39 Å². The van der Waals surface area contributed by atoms with Gasteiger partial charge in [-0.2, -0.15) is 0 Å². The average molecular weight is 392 g/mol. The van der Waals surface area contributed by atoms with Gasteiger partial charge in [0.15, 0.2) is 0 Å². The molecule has 0 aromatic heterocycles. The van der Waals surface area contributed by atoms with Crippen molar-refractivity contribution in [1.82, 2.24) is 10.2 Å². The molecule has 0 unspecified atom stereocenters. The van der Waals surface area contributed by atoms with E-state index in [2.05, 4.69) is 32.7 Å². The van der Waals surface area contributed by atoms with Gasteiger partial charge in [0.2, 0.25) is 0 Å². The van der Waals surface area contributed by atoms with E-state index in [0.717, 1.165) is 61.9 Å². The molecular weight excluding hydrogens is 367 g/mol. The molecule has 0 spiro atoms. The first-order valence-electron chi connectivity index (χ1n) is 7.73. The molecule has 1 fully saturated rings. The van der Waals surface area contributed by atoms with Crippen molar-refractivity contribution < 1.29 is 4.39 Å². The topological polar surface area (TPSA) is 15.3 Å². The second kappa shape index (κ2) is 10.4. The number of piperazine rings is 1. The van der Waals surface area contributed by atoms with Gasteiger partial charge < -0.3 is 5.32 Å². The molecule has 0 saturated carbocycles. The van der Waals surface area contributed by atoms with Crippen LogP contribution in [0.1, 0.15) is 37.3 Å². The Balaban J connectivity index is 0.00000242. The standard InChI is InChI=1S/C17H24BrFN2.ClH/c1-2-3-4-5-6-17(21-11-9-20-10-12-21)15-8-7-14(18)13-16(15)19;/h2,7-8,13,17,20H,1,3-6,9-12H2;1H/t17-;/m0./s1. The lowest BCUT2D eigenvalue weighted by Gasteiger charge is -2.35. The van der Waals surface area contributed by atoms with E-state index >= 15 is 0 Å². The summed E-state index contributed by atoms with van der Waals surface area (Å²) in [6.45, 7) is 7.72. The van der Waals surface area contributed by atoms with E-state index in [0.29, 0.717) is 0 Å². The van der Waals surface area contributed by atoms with Crippen LogP contribution in [-0.2, 0) is 0 Å². The molecule has 1 saturated heterocycles. The number of nitrogens with zero attached hydrogens (tertiary/aromatic N) is 1. The minimum atomic E-state index is -0.100. The molecule has 1 aliphatic heterocycles. The van der Waals surface area contributed by atoms with Gasteiger partial charge in [0.1, 0.15) is 5.82 Å². The lowest BCUT2D eigenvalue weighted by atomic mass is 9.97. The van der Waals surface area contributed by atoms with Crippen molar-refractivity contribution in [3.8, 4) is 0 Å². The Hall–Kier alpha value is -0.420. The summed E-state index contributed by atoms with van der Waals surface area (Å²) in [5.41, 5.74) is 0.832. The predicted octanol–water partition coefficient (Wildman–Crippen LogP) is 4.70. The Labute approximate surface area is 147 Å². The molecule has 0 aliphatic carbocycles. The first-order chi connectivity index (χ1) is 10.2. The molecule has 2 nitrogen and oxygen atoms in total. The van der Waals surface area contributed by atoms with Gasteiger partial charge in [-0.3, -0.25) is 4.90 Å². The molecule has 0 amide bonds. The number of hydrogen-bond acceptors (Lipinski definition) is 2. The van der Waals surface area contributed by atoms with E-state index in [-0.39, 0.29) is 24.3 Å². The number of rotatable bonds is 7. The molecule has 1 aromatic carbocycles. The van der Waals surface area contributed by atoms with Crippen molar-refractivity contribution in [3.63, 3.8) is 0 Å². The van der Waals surface area contributed by atoms with Gasteiger partial charge in [-0.1, -0.05) is 34.5 Å². The Morgan fingerprint density at radius 1 is 1.32 bits per heavy atom. The minimum absolute atomic E-state index is 0. The fourth-order valence-electron chi connectivity index (χ4n) is 2.93. The predicted molar refractivity (Wildman–Crippen MR) is 97.2 cm³/mol. The number of unbranched alkanes of at least 4 members (excludes halogenated alkanes) is 2. The molecule has 1 aromatic rings. The van der Waals surface area contributed by atoms with Crippen LogP contribution in [0.15, 0.2) is 35.3 Å². The lowest BCUT2D eigenvalue weighted by Crippen LogP contribution is -2.45. The van der Waals surface area contributed by atoms with Crippen molar-refractivity contribution in [2.75, 3.05) is 26.2 Å². The second-order valence-electron chi connectivity index (χ2n) is 5.54. The van der Waals surface area contributed by atoms with Crippen molar-refractivity contribution in [2.24, 2.45) is 0 Å². The summed E-state index contributed by atoms with van der Waals surface area (Å²) in [7, 11) is 0. The Kier molecular flexibility index (Phi) is 9.25. The van der Waals surface area contributed by atoms with E-state index in [4.69, 9.17) is 0 Å². The molecular formula is C17H25BrClFN2. The number of allylic oxidation sites excluding steroid dienone is 1. The lowest BCUT2D eigenvalue weighted by molar-refractivity contribution is 0.160. The average Bonchev–Trinajstić information content (AvgIpc) is 2.49. The van der Waals surface area contributed by atoms with Crippen LogP contribution in [0, 0.1) is 5.82 Å². The summed E-state index contributed by atoms with van der Waals surface area (Å²) in [4.78, 5) is 2.41. The summed E-state index contributed by atoms with van der Waals surface area (Å²) < 4.78 is 15.1. The first-order valence-corrected chi connectivity index (χ1v) is 8.52. The Morgan fingerprint density at radius 2 is 2.05 bits per heavy atom. The van der Waals surface area contributed by atoms with Gasteiger partial charge in [-0.15, -0.1) is 19.0 Å². The SMILES string of the molecule is C=CCCCC[C@@H](c1ccc(Br)cc1F)N1CCNCC1.Cl. The number of nitrogens with one attached hydrogen (secondary N) is 1. The summed E-state index contributed by atoms with van der Waals surface area (Å²) in [5.74, 6) is -0.100. The van der Waals surface area contributed by atoms with Crippen LogP contribution in [-0.4, -0.2) is 31.1 Å². The van der Waals surface area contributed by atoms with Gasteiger partial charge in [0.05, 0.1) is 0 Å². The Morgan fingerprint density at radius 3 is 2.68 bits per heavy atom. The van der Waals surface area contributed by atoms with Crippen LogP contribution in [0.5, 0.6) is 0 Å². The maximum absolute atomic E-state index is 14.3. The van der Waals surface area contributed by atoms with Crippen LogP contribution < -0.4 is 5.32 Å². The van der Waals surface area contributed by atoms with Crippen molar-refractivity contribution in [2.45, 2.75) is 31.7 Å². The van der Waals surface area contributed by atoms with Crippen LogP contribution in [0.3, 0.4) is 0 Å². The van der Waals surface area contributed by atoms with Crippen molar-refractivity contribution in [1.29, 1.82) is 0 Å². The number of hydrogen-bond donors (Lipinski definition) is 1.